The number of fused-ring (bicyclic) bond motifs is 5. The molecule has 35 heavy (non-hydrogen) atoms. The molecular weight excluding hydrogens is 470 g/mol. The SMILES string of the molecule is C[C@H](CCC(=O)NCCS(=O)(=O)O)[C@H]1CC[C@H]2[C@@H]3[C@H](O)C[C@H]4C[C@H](O)CC[C@]4(C)[C@H]3C[C@H](O)[C@]12C. The Hall–Kier alpha value is -0.740. The first kappa shape index (κ1) is 27.3. The minimum Gasteiger partial charge on any atom is -0.393 e. The van der Waals surface area contributed by atoms with Crippen LogP contribution in [0.5, 0.6) is 0 Å². The molecule has 11 atom stereocenters. The van der Waals surface area contributed by atoms with E-state index < -0.39 is 28.1 Å². The second-order valence-corrected chi connectivity index (χ2v) is 14.2. The van der Waals surface area contributed by atoms with Crippen molar-refractivity contribution in [3.8, 4) is 0 Å². The van der Waals surface area contributed by atoms with E-state index in [-0.39, 0.29) is 65.4 Å². The van der Waals surface area contributed by atoms with Gasteiger partial charge >= 0.3 is 0 Å². The molecule has 202 valence electrons. The molecule has 0 aromatic carbocycles. The third-order valence-electron chi connectivity index (χ3n) is 11.0. The number of hydrogen-bond acceptors (Lipinski definition) is 6. The predicted octanol–water partition coefficient (Wildman–Crippen LogP) is 2.37. The van der Waals surface area contributed by atoms with Crippen molar-refractivity contribution in [3.63, 3.8) is 0 Å². The Bertz CT molecular complexity index is 896. The summed E-state index contributed by atoms with van der Waals surface area (Å²) in [6.45, 7) is 6.56. The lowest BCUT2D eigenvalue weighted by Crippen LogP contribution is -2.62. The van der Waals surface area contributed by atoms with E-state index >= 15 is 0 Å². The quantitative estimate of drug-likeness (QED) is 0.327. The van der Waals surface area contributed by atoms with Gasteiger partial charge in [-0.3, -0.25) is 9.35 Å². The molecule has 0 heterocycles. The van der Waals surface area contributed by atoms with Gasteiger partial charge in [0.15, 0.2) is 0 Å². The topological polar surface area (TPSA) is 144 Å². The van der Waals surface area contributed by atoms with Crippen LogP contribution in [0.1, 0.15) is 78.6 Å². The van der Waals surface area contributed by atoms with E-state index in [0.717, 1.165) is 38.5 Å². The summed E-state index contributed by atoms with van der Waals surface area (Å²) in [7, 11) is -4.10. The van der Waals surface area contributed by atoms with E-state index in [1.54, 1.807) is 0 Å². The van der Waals surface area contributed by atoms with E-state index in [4.69, 9.17) is 4.55 Å². The van der Waals surface area contributed by atoms with Crippen LogP contribution in [0.25, 0.3) is 0 Å². The Morgan fingerprint density at radius 2 is 1.77 bits per heavy atom. The Morgan fingerprint density at radius 3 is 2.46 bits per heavy atom. The van der Waals surface area contributed by atoms with Crippen molar-refractivity contribution in [2.45, 2.75) is 96.9 Å². The van der Waals surface area contributed by atoms with Crippen molar-refractivity contribution in [1.82, 2.24) is 5.32 Å². The highest BCUT2D eigenvalue weighted by atomic mass is 32.2. The highest BCUT2D eigenvalue weighted by Gasteiger charge is 2.65. The van der Waals surface area contributed by atoms with Gasteiger partial charge in [0, 0.05) is 13.0 Å². The fourth-order valence-corrected chi connectivity index (χ4v) is 9.46. The van der Waals surface area contributed by atoms with Crippen molar-refractivity contribution in [2.75, 3.05) is 12.3 Å². The number of nitrogens with one attached hydrogen (secondary N) is 1. The van der Waals surface area contributed by atoms with Gasteiger partial charge < -0.3 is 20.6 Å². The Kier molecular flexibility index (Phi) is 7.69. The average Bonchev–Trinajstić information content (AvgIpc) is 3.12. The summed E-state index contributed by atoms with van der Waals surface area (Å²) in [6.07, 6.45) is 5.67. The zero-order chi connectivity index (χ0) is 25.8. The predicted molar refractivity (Wildman–Crippen MR) is 132 cm³/mol. The van der Waals surface area contributed by atoms with Crippen LogP contribution in [0.4, 0.5) is 0 Å². The Labute approximate surface area is 210 Å². The normalized spacial score (nSPS) is 46.3. The van der Waals surface area contributed by atoms with Gasteiger partial charge in [-0.05, 0) is 97.7 Å². The largest absolute Gasteiger partial charge is 0.393 e. The highest BCUT2D eigenvalue weighted by molar-refractivity contribution is 7.85. The summed E-state index contributed by atoms with van der Waals surface area (Å²) >= 11 is 0. The number of carbonyl (C=O) groups is 1. The van der Waals surface area contributed by atoms with Crippen LogP contribution in [-0.4, -0.2) is 64.8 Å². The molecule has 0 spiro atoms. The van der Waals surface area contributed by atoms with Gasteiger partial charge in [0.05, 0.1) is 24.1 Å². The molecule has 9 heteroatoms. The van der Waals surface area contributed by atoms with Gasteiger partial charge in [-0.2, -0.15) is 8.42 Å². The number of amides is 1. The molecule has 4 aliphatic rings. The standard InChI is InChI=1S/C26H45NO7S/c1-15(4-7-23(31)27-10-11-35(32,33)34)18-5-6-19-24-20(14-22(30)26(18,19)3)25(2)9-8-17(28)12-16(25)13-21(24)29/h15-22,24,28-30H,4-14H2,1-3H3,(H,27,31)(H,32,33,34)/t15-,16-,17-,18-,19+,20+,21-,22+,24+,25+,26-/m1/s1. The van der Waals surface area contributed by atoms with E-state index in [9.17, 15) is 28.5 Å². The van der Waals surface area contributed by atoms with Crippen molar-refractivity contribution in [3.05, 3.63) is 0 Å². The van der Waals surface area contributed by atoms with Crippen molar-refractivity contribution >= 4 is 16.0 Å². The van der Waals surface area contributed by atoms with Crippen LogP contribution < -0.4 is 5.32 Å². The van der Waals surface area contributed by atoms with Crippen molar-refractivity contribution < 1.29 is 33.1 Å². The van der Waals surface area contributed by atoms with E-state index in [1.807, 2.05) is 0 Å². The molecule has 1 amide bonds. The second kappa shape index (κ2) is 9.86. The fraction of sp³-hybridized carbons (Fsp3) is 0.962. The molecule has 0 radical (unpaired) electrons. The molecule has 4 aliphatic carbocycles. The third-order valence-corrected chi connectivity index (χ3v) is 11.7. The van der Waals surface area contributed by atoms with Crippen LogP contribution in [0, 0.1) is 46.3 Å². The molecule has 4 rings (SSSR count). The number of aliphatic hydroxyl groups is 3. The molecule has 8 nitrogen and oxygen atoms in total. The molecule has 0 bridgehead atoms. The molecule has 0 aromatic heterocycles. The number of aliphatic hydroxyl groups excluding tert-OH is 3. The van der Waals surface area contributed by atoms with Crippen LogP contribution in [0.15, 0.2) is 0 Å². The molecule has 5 N–H and O–H groups in total. The van der Waals surface area contributed by atoms with Gasteiger partial charge in [-0.15, -0.1) is 0 Å². The lowest BCUT2D eigenvalue weighted by molar-refractivity contribution is -0.207. The van der Waals surface area contributed by atoms with E-state index in [2.05, 4.69) is 26.1 Å². The number of rotatable bonds is 7. The first-order valence-electron chi connectivity index (χ1n) is 13.5. The van der Waals surface area contributed by atoms with Crippen LogP contribution in [0.3, 0.4) is 0 Å². The zero-order valence-corrected chi connectivity index (χ0v) is 22.2. The molecule has 0 saturated heterocycles. The Morgan fingerprint density at radius 1 is 1.06 bits per heavy atom. The number of carbonyl (C=O) groups excluding carboxylic acids is 1. The lowest BCUT2D eigenvalue weighted by Gasteiger charge is -2.63. The molecule has 0 aliphatic heterocycles. The second-order valence-electron chi connectivity index (χ2n) is 12.7. The van der Waals surface area contributed by atoms with Gasteiger partial charge in [0.1, 0.15) is 0 Å². The van der Waals surface area contributed by atoms with Gasteiger partial charge in [-0.25, -0.2) is 0 Å². The molecule has 4 fully saturated rings. The maximum atomic E-state index is 12.2. The monoisotopic (exact) mass is 515 g/mol. The van der Waals surface area contributed by atoms with Gasteiger partial charge in [0.2, 0.25) is 5.91 Å². The highest BCUT2D eigenvalue weighted by Crippen LogP contribution is 2.68. The average molecular weight is 516 g/mol. The van der Waals surface area contributed by atoms with Crippen LogP contribution in [-0.2, 0) is 14.9 Å². The van der Waals surface area contributed by atoms with Gasteiger partial charge in [0.25, 0.3) is 10.1 Å². The summed E-state index contributed by atoms with van der Waals surface area (Å²) in [6, 6.07) is 0. The molecule has 4 saturated carbocycles. The van der Waals surface area contributed by atoms with E-state index in [0.29, 0.717) is 18.8 Å². The molecule has 0 aromatic rings. The fourth-order valence-electron chi connectivity index (χ4n) is 9.10. The summed E-state index contributed by atoms with van der Waals surface area (Å²) in [5.41, 5.74) is -0.254. The summed E-state index contributed by atoms with van der Waals surface area (Å²) in [5.74, 6) is 0.705. The van der Waals surface area contributed by atoms with Crippen LogP contribution in [0.2, 0.25) is 0 Å². The van der Waals surface area contributed by atoms with Gasteiger partial charge in [-0.1, -0.05) is 20.8 Å². The maximum Gasteiger partial charge on any atom is 0.266 e. The zero-order valence-electron chi connectivity index (χ0n) is 21.4. The van der Waals surface area contributed by atoms with Crippen molar-refractivity contribution in [2.24, 2.45) is 46.3 Å². The lowest BCUT2D eigenvalue weighted by atomic mass is 9.43. The smallest absolute Gasteiger partial charge is 0.266 e. The minimum atomic E-state index is -4.10. The first-order chi connectivity index (χ1) is 16.3. The minimum absolute atomic E-state index is 0.0509. The number of hydrogen-bond donors (Lipinski definition) is 5. The summed E-state index contributed by atoms with van der Waals surface area (Å²) < 4.78 is 30.5. The molecule has 0 unspecified atom stereocenters. The summed E-state index contributed by atoms with van der Waals surface area (Å²) in [4.78, 5) is 12.2. The van der Waals surface area contributed by atoms with Crippen LogP contribution >= 0.6 is 0 Å². The molecular formula is C26H45NO7S. The van der Waals surface area contributed by atoms with E-state index in [1.165, 1.54) is 0 Å². The Balaban J connectivity index is 1.43. The third kappa shape index (κ3) is 5.05. The maximum absolute atomic E-state index is 12.2. The summed E-state index contributed by atoms with van der Waals surface area (Å²) in [5, 5.41) is 35.8. The van der Waals surface area contributed by atoms with Crippen molar-refractivity contribution in [1.29, 1.82) is 0 Å². The first-order valence-corrected chi connectivity index (χ1v) is 15.1.